The highest BCUT2D eigenvalue weighted by molar-refractivity contribution is 7.98. The number of thioether (sulfide) groups is 1. The number of hydrogen-bond donors (Lipinski definition) is 0. The van der Waals surface area contributed by atoms with Crippen LogP contribution in [0.2, 0.25) is 0 Å². The van der Waals surface area contributed by atoms with E-state index in [1.165, 1.54) is 11.8 Å². The van der Waals surface area contributed by atoms with Crippen LogP contribution < -0.4 is 0 Å². The van der Waals surface area contributed by atoms with Crippen molar-refractivity contribution in [1.82, 2.24) is 25.3 Å². The van der Waals surface area contributed by atoms with Crippen LogP contribution in [0.1, 0.15) is 5.82 Å². The molecule has 114 valence electrons. The first kappa shape index (κ1) is 14.1. The van der Waals surface area contributed by atoms with Crippen LogP contribution in [0.15, 0.2) is 55.5 Å². The van der Waals surface area contributed by atoms with Gasteiger partial charge in [-0.1, -0.05) is 16.9 Å². The van der Waals surface area contributed by atoms with Gasteiger partial charge in [-0.25, -0.2) is 0 Å². The van der Waals surface area contributed by atoms with E-state index in [0.717, 1.165) is 11.1 Å². The first-order valence-corrected chi connectivity index (χ1v) is 8.53. The number of pyridine rings is 1. The third-order valence-electron chi connectivity index (χ3n) is 2.89. The molecule has 0 saturated heterocycles. The number of aromatic nitrogens is 5. The molecule has 4 rings (SSSR count). The van der Waals surface area contributed by atoms with Gasteiger partial charge in [0.2, 0.25) is 5.89 Å². The minimum Gasteiger partial charge on any atom is -0.411 e. The van der Waals surface area contributed by atoms with Crippen molar-refractivity contribution in [2.75, 3.05) is 0 Å². The van der Waals surface area contributed by atoms with Crippen molar-refractivity contribution in [3.63, 3.8) is 0 Å². The van der Waals surface area contributed by atoms with Gasteiger partial charge < -0.3 is 8.94 Å². The summed E-state index contributed by atoms with van der Waals surface area (Å²) in [7, 11) is 0. The smallest absolute Gasteiger partial charge is 0.277 e. The molecule has 0 amide bonds. The molecule has 4 aromatic heterocycles. The summed E-state index contributed by atoms with van der Waals surface area (Å²) in [6.45, 7) is 0. The summed E-state index contributed by atoms with van der Waals surface area (Å²) in [4.78, 5) is 8.30. The maximum atomic E-state index is 5.60. The van der Waals surface area contributed by atoms with Crippen molar-refractivity contribution in [3.8, 4) is 22.9 Å². The van der Waals surface area contributed by atoms with Crippen LogP contribution >= 0.6 is 23.1 Å². The summed E-state index contributed by atoms with van der Waals surface area (Å²) < 4.78 is 10.8. The molecule has 0 radical (unpaired) electrons. The molecular formula is C14H9N5O2S2. The Labute approximate surface area is 138 Å². The number of rotatable bonds is 5. The van der Waals surface area contributed by atoms with Crippen molar-refractivity contribution in [3.05, 3.63) is 47.2 Å². The van der Waals surface area contributed by atoms with Crippen molar-refractivity contribution in [1.29, 1.82) is 0 Å². The zero-order valence-corrected chi connectivity index (χ0v) is 13.3. The molecule has 0 bridgehead atoms. The summed E-state index contributed by atoms with van der Waals surface area (Å²) in [5.74, 6) is 2.05. The van der Waals surface area contributed by atoms with Gasteiger partial charge in [0.1, 0.15) is 0 Å². The van der Waals surface area contributed by atoms with Gasteiger partial charge in [0.05, 0.1) is 11.3 Å². The van der Waals surface area contributed by atoms with E-state index in [-0.39, 0.29) is 0 Å². The molecular weight excluding hydrogens is 334 g/mol. The Morgan fingerprint density at radius 1 is 1.04 bits per heavy atom. The Kier molecular flexibility index (Phi) is 3.86. The molecule has 4 heterocycles. The molecule has 4 aromatic rings. The van der Waals surface area contributed by atoms with Crippen LogP contribution in [0.3, 0.4) is 0 Å². The zero-order valence-electron chi connectivity index (χ0n) is 11.6. The lowest BCUT2D eigenvalue weighted by Crippen LogP contribution is -1.84. The van der Waals surface area contributed by atoms with E-state index in [2.05, 4.69) is 25.3 Å². The Morgan fingerprint density at radius 2 is 1.96 bits per heavy atom. The second kappa shape index (κ2) is 6.31. The van der Waals surface area contributed by atoms with Gasteiger partial charge in [0.25, 0.3) is 11.1 Å². The van der Waals surface area contributed by atoms with Gasteiger partial charge in [-0.2, -0.15) is 16.3 Å². The summed E-state index contributed by atoms with van der Waals surface area (Å²) >= 11 is 2.95. The van der Waals surface area contributed by atoms with Crippen LogP contribution in [-0.4, -0.2) is 25.3 Å². The molecule has 0 spiro atoms. The summed E-state index contributed by atoms with van der Waals surface area (Å²) in [5.41, 5.74) is 1.76. The number of thiophene rings is 1. The third-order valence-corrected chi connectivity index (χ3v) is 4.39. The van der Waals surface area contributed by atoms with Crippen LogP contribution in [0.5, 0.6) is 0 Å². The molecule has 0 saturated carbocycles. The zero-order chi connectivity index (χ0) is 15.5. The van der Waals surface area contributed by atoms with E-state index < -0.39 is 0 Å². The minimum atomic E-state index is 0.457. The predicted octanol–water partition coefficient (Wildman–Crippen LogP) is 3.54. The van der Waals surface area contributed by atoms with Gasteiger partial charge in [-0.3, -0.25) is 4.98 Å². The predicted molar refractivity (Wildman–Crippen MR) is 84.7 cm³/mol. The van der Waals surface area contributed by atoms with Crippen molar-refractivity contribution < 1.29 is 8.94 Å². The number of nitrogens with zero attached hydrogens (tertiary/aromatic N) is 5. The van der Waals surface area contributed by atoms with Gasteiger partial charge in [0.15, 0.2) is 5.82 Å². The summed E-state index contributed by atoms with van der Waals surface area (Å²) in [6, 6.07) is 5.57. The molecule has 23 heavy (non-hydrogen) atoms. The Balaban J connectivity index is 1.43. The Morgan fingerprint density at radius 3 is 2.78 bits per heavy atom. The van der Waals surface area contributed by atoms with E-state index in [4.69, 9.17) is 8.94 Å². The first-order chi connectivity index (χ1) is 11.4. The van der Waals surface area contributed by atoms with Gasteiger partial charge in [-0.05, 0) is 23.6 Å². The van der Waals surface area contributed by atoms with Gasteiger partial charge in [-0.15, -0.1) is 10.2 Å². The maximum absolute atomic E-state index is 5.60. The molecule has 0 aliphatic rings. The van der Waals surface area contributed by atoms with E-state index in [9.17, 15) is 0 Å². The lowest BCUT2D eigenvalue weighted by molar-refractivity contribution is 0.425. The molecule has 0 aromatic carbocycles. The summed E-state index contributed by atoms with van der Waals surface area (Å²) in [5, 5.41) is 16.4. The molecule has 0 unspecified atom stereocenters. The molecule has 0 aliphatic carbocycles. The molecule has 0 aliphatic heterocycles. The second-order valence-electron chi connectivity index (χ2n) is 4.43. The summed E-state index contributed by atoms with van der Waals surface area (Å²) in [6.07, 6.45) is 3.36. The second-order valence-corrected chi connectivity index (χ2v) is 6.13. The van der Waals surface area contributed by atoms with Crippen LogP contribution in [0.25, 0.3) is 22.9 Å². The molecule has 0 atom stereocenters. The normalized spacial score (nSPS) is 11.0. The standard InChI is InChI=1S/C14H9N5O2S2/c1-4-15-5-2-9(1)13-17-18-14(20-13)23-8-11-16-12(21-19-11)10-3-6-22-7-10/h1-7H,8H2. The fourth-order valence-electron chi connectivity index (χ4n) is 1.82. The molecule has 7 nitrogen and oxygen atoms in total. The molecule has 0 fully saturated rings. The quantitative estimate of drug-likeness (QED) is 0.508. The Bertz CT molecular complexity index is 889. The van der Waals surface area contributed by atoms with Crippen LogP contribution in [0.4, 0.5) is 0 Å². The lowest BCUT2D eigenvalue weighted by atomic mass is 10.3. The fourth-order valence-corrected chi connectivity index (χ4v) is 3.06. The van der Waals surface area contributed by atoms with E-state index >= 15 is 0 Å². The highest BCUT2D eigenvalue weighted by atomic mass is 32.2. The average Bonchev–Trinajstić information content (AvgIpc) is 3.33. The van der Waals surface area contributed by atoms with E-state index in [0.29, 0.717) is 28.6 Å². The highest BCUT2D eigenvalue weighted by Gasteiger charge is 2.13. The first-order valence-electron chi connectivity index (χ1n) is 6.60. The van der Waals surface area contributed by atoms with Crippen LogP contribution in [0, 0.1) is 0 Å². The van der Waals surface area contributed by atoms with Crippen molar-refractivity contribution in [2.45, 2.75) is 11.0 Å². The fraction of sp³-hybridized carbons (Fsp3) is 0.0714. The average molecular weight is 343 g/mol. The third kappa shape index (κ3) is 3.15. The van der Waals surface area contributed by atoms with Crippen LogP contribution in [-0.2, 0) is 5.75 Å². The monoisotopic (exact) mass is 343 g/mol. The molecule has 0 N–H and O–H groups in total. The minimum absolute atomic E-state index is 0.457. The largest absolute Gasteiger partial charge is 0.411 e. The van der Waals surface area contributed by atoms with E-state index in [1.54, 1.807) is 23.7 Å². The Hall–Kier alpha value is -2.52. The van der Waals surface area contributed by atoms with Gasteiger partial charge >= 0.3 is 0 Å². The SMILES string of the molecule is c1cc(-c2nnc(SCc3noc(-c4ccsc4)n3)o2)ccn1. The number of hydrogen-bond acceptors (Lipinski definition) is 9. The molecule has 9 heteroatoms. The van der Waals surface area contributed by atoms with Crippen molar-refractivity contribution in [2.24, 2.45) is 0 Å². The topological polar surface area (TPSA) is 90.7 Å². The highest BCUT2D eigenvalue weighted by Crippen LogP contribution is 2.26. The maximum Gasteiger partial charge on any atom is 0.277 e. The van der Waals surface area contributed by atoms with Gasteiger partial charge in [0, 0.05) is 23.3 Å². The van der Waals surface area contributed by atoms with E-state index in [1.807, 2.05) is 29.0 Å². The van der Waals surface area contributed by atoms with Crippen molar-refractivity contribution >= 4 is 23.1 Å². The lowest BCUT2D eigenvalue weighted by Gasteiger charge is -1.92.